The van der Waals surface area contributed by atoms with E-state index >= 15 is 0 Å². The average Bonchev–Trinajstić information content (AvgIpc) is 2.50. The van der Waals surface area contributed by atoms with Gasteiger partial charge in [0, 0.05) is 19.0 Å². The van der Waals surface area contributed by atoms with Crippen LogP contribution >= 0.6 is 12.2 Å². The molecular formula is C11H22N2OS. The molecule has 3 atom stereocenters. The highest BCUT2D eigenvalue weighted by Crippen LogP contribution is 2.19. The van der Waals surface area contributed by atoms with Crippen molar-refractivity contribution in [3.8, 4) is 0 Å². The van der Waals surface area contributed by atoms with Gasteiger partial charge in [-0.3, -0.25) is 0 Å². The molecule has 1 heterocycles. The van der Waals surface area contributed by atoms with Crippen molar-refractivity contribution in [1.29, 1.82) is 0 Å². The van der Waals surface area contributed by atoms with Crippen molar-refractivity contribution in [2.45, 2.75) is 38.9 Å². The number of nitrogens with zero attached hydrogens (tertiary/aromatic N) is 1. The van der Waals surface area contributed by atoms with Gasteiger partial charge in [-0.1, -0.05) is 19.1 Å². The summed E-state index contributed by atoms with van der Waals surface area (Å²) in [6.45, 7) is 6.11. The molecule has 0 aromatic heterocycles. The van der Waals surface area contributed by atoms with Gasteiger partial charge in [-0.25, -0.2) is 0 Å². The first-order valence-corrected chi connectivity index (χ1v) is 6.03. The summed E-state index contributed by atoms with van der Waals surface area (Å²) in [5, 5.41) is 0. The van der Waals surface area contributed by atoms with E-state index in [2.05, 4.69) is 25.8 Å². The molecule has 88 valence electrons. The molecule has 1 saturated heterocycles. The molecule has 0 saturated carbocycles. The molecule has 0 radical (unpaired) electrons. The molecule has 1 fully saturated rings. The van der Waals surface area contributed by atoms with Crippen molar-refractivity contribution < 1.29 is 4.74 Å². The molecule has 1 rings (SSSR count). The molecule has 15 heavy (non-hydrogen) atoms. The second-order valence-corrected chi connectivity index (χ2v) is 5.14. The standard InChI is InChI=1S/C11H22N2OS/c1-8(11(12)15)6-13(3)7-10-5-4-9(2)14-10/h8-10H,4-7H2,1-3H3,(H2,12,15). The summed E-state index contributed by atoms with van der Waals surface area (Å²) in [5.41, 5.74) is 5.59. The third-order valence-corrected chi connectivity index (χ3v) is 3.31. The minimum atomic E-state index is 0.281. The van der Waals surface area contributed by atoms with E-state index in [1.807, 2.05) is 0 Å². The quantitative estimate of drug-likeness (QED) is 0.725. The summed E-state index contributed by atoms with van der Waals surface area (Å²) < 4.78 is 5.77. The molecule has 1 aliphatic rings. The molecule has 0 aliphatic carbocycles. The zero-order valence-electron chi connectivity index (χ0n) is 9.90. The van der Waals surface area contributed by atoms with Crippen LogP contribution < -0.4 is 5.73 Å². The molecule has 0 bridgehead atoms. The van der Waals surface area contributed by atoms with E-state index in [-0.39, 0.29) is 5.92 Å². The van der Waals surface area contributed by atoms with Crippen LogP contribution in [0.5, 0.6) is 0 Å². The smallest absolute Gasteiger partial charge is 0.0768 e. The summed E-state index contributed by atoms with van der Waals surface area (Å²) >= 11 is 4.96. The van der Waals surface area contributed by atoms with Crippen LogP contribution in [0, 0.1) is 5.92 Å². The lowest BCUT2D eigenvalue weighted by Gasteiger charge is -2.23. The van der Waals surface area contributed by atoms with Crippen LogP contribution in [0.4, 0.5) is 0 Å². The summed E-state index contributed by atoms with van der Waals surface area (Å²) in [6, 6.07) is 0. The Balaban J connectivity index is 2.23. The Labute approximate surface area is 98.0 Å². The minimum Gasteiger partial charge on any atom is -0.393 e. The van der Waals surface area contributed by atoms with Gasteiger partial charge in [0.2, 0.25) is 0 Å². The van der Waals surface area contributed by atoms with Crippen molar-refractivity contribution >= 4 is 17.2 Å². The highest BCUT2D eigenvalue weighted by atomic mass is 32.1. The van der Waals surface area contributed by atoms with Crippen LogP contribution in [0.25, 0.3) is 0 Å². The molecule has 3 unspecified atom stereocenters. The van der Waals surface area contributed by atoms with E-state index in [1.54, 1.807) is 0 Å². The lowest BCUT2D eigenvalue weighted by molar-refractivity contribution is 0.0356. The zero-order chi connectivity index (χ0) is 11.4. The van der Waals surface area contributed by atoms with E-state index in [1.165, 1.54) is 12.8 Å². The largest absolute Gasteiger partial charge is 0.393 e. The van der Waals surface area contributed by atoms with E-state index in [9.17, 15) is 0 Å². The molecule has 2 N–H and O–H groups in total. The Hall–Kier alpha value is -0.190. The maximum atomic E-state index is 5.77. The van der Waals surface area contributed by atoms with Crippen LogP contribution in [0.1, 0.15) is 26.7 Å². The number of likely N-dealkylation sites (N-methyl/N-ethyl adjacent to an activating group) is 1. The SMILES string of the molecule is CC1CCC(CN(C)CC(C)C(N)=S)O1. The van der Waals surface area contributed by atoms with Gasteiger partial charge in [0.05, 0.1) is 17.2 Å². The predicted octanol–water partition coefficient (Wildman–Crippen LogP) is 1.41. The topological polar surface area (TPSA) is 38.5 Å². The molecule has 0 aromatic rings. The van der Waals surface area contributed by atoms with E-state index < -0.39 is 0 Å². The first kappa shape index (κ1) is 12.9. The highest BCUT2D eigenvalue weighted by Gasteiger charge is 2.23. The van der Waals surface area contributed by atoms with Gasteiger partial charge in [0.15, 0.2) is 0 Å². The van der Waals surface area contributed by atoms with Crippen molar-refractivity contribution in [1.82, 2.24) is 4.90 Å². The number of hydrogen-bond acceptors (Lipinski definition) is 3. The van der Waals surface area contributed by atoms with Crippen molar-refractivity contribution in [3.63, 3.8) is 0 Å². The number of thiocarbonyl (C=S) groups is 1. The fourth-order valence-corrected chi connectivity index (χ4v) is 2.07. The van der Waals surface area contributed by atoms with Gasteiger partial charge in [-0.15, -0.1) is 0 Å². The number of rotatable bonds is 5. The molecular weight excluding hydrogens is 208 g/mol. The Morgan fingerprint density at radius 3 is 2.73 bits per heavy atom. The second kappa shape index (κ2) is 5.77. The van der Waals surface area contributed by atoms with E-state index in [0.717, 1.165) is 13.1 Å². The summed E-state index contributed by atoms with van der Waals surface area (Å²) in [5.74, 6) is 0.281. The third-order valence-electron chi connectivity index (χ3n) is 2.91. The van der Waals surface area contributed by atoms with Gasteiger partial charge < -0.3 is 15.4 Å². The molecule has 0 spiro atoms. The van der Waals surface area contributed by atoms with Crippen molar-refractivity contribution in [2.24, 2.45) is 11.7 Å². The molecule has 1 aliphatic heterocycles. The minimum absolute atomic E-state index is 0.281. The number of nitrogens with two attached hydrogens (primary N) is 1. The molecule has 4 heteroatoms. The molecule has 0 amide bonds. The van der Waals surface area contributed by atoms with Gasteiger partial charge in [-0.2, -0.15) is 0 Å². The summed E-state index contributed by atoms with van der Waals surface area (Å²) in [6.07, 6.45) is 3.18. The van der Waals surface area contributed by atoms with Gasteiger partial charge >= 0.3 is 0 Å². The Morgan fingerprint density at radius 2 is 2.27 bits per heavy atom. The van der Waals surface area contributed by atoms with Crippen molar-refractivity contribution in [2.75, 3.05) is 20.1 Å². The average molecular weight is 230 g/mol. The summed E-state index contributed by atoms with van der Waals surface area (Å²) in [7, 11) is 2.10. The molecule has 3 nitrogen and oxygen atoms in total. The Bertz CT molecular complexity index is 223. The summed E-state index contributed by atoms with van der Waals surface area (Å²) in [4.78, 5) is 2.86. The lowest BCUT2D eigenvalue weighted by atomic mass is 10.1. The van der Waals surface area contributed by atoms with Crippen LogP contribution in [0.2, 0.25) is 0 Å². The van der Waals surface area contributed by atoms with Crippen LogP contribution in [0.3, 0.4) is 0 Å². The first-order valence-electron chi connectivity index (χ1n) is 5.62. The lowest BCUT2D eigenvalue weighted by Crippen LogP contribution is -2.36. The maximum Gasteiger partial charge on any atom is 0.0768 e. The van der Waals surface area contributed by atoms with Crippen LogP contribution in [0.15, 0.2) is 0 Å². The van der Waals surface area contributed by atoms with Crippen LogP contribution in [-0.2, 0) is 4.74 Å². The monoisotopic (exact) mass is 230 g/mol. The van der Waals surface area contributed by atoms with Crippen LogP contribution in [-0.4, -0.2) is 42.2 Å². The Kier molecular flexibility index (Phi) is 4.96. The van der Waals surface area contributed by atoms with Gasteiger partial charge in [0.25, 0.3) is 0 Å². The third kappa shape index (κ3) is 4.45. The van der Waals surface area contributed by atoms with E-state index in [4.69, 9.17) is 22.7 Å². The zero-order valence-corrected chi connectivity index (χ0v) is 10.7. The van der Waals surface area contributed by atoms with Gasteiger partial charge in [0.1, 0.15) is 0 Å². The fraction of sp³-hybridized carbons (Fsp3) is 0.909. The Morgan fingerprint density at radius 1 is 1.60 bits per heavy atom. The molecule has 0 aromatic carbocycles. The normalized spacial score (nSPS) is 28.3. The van der Waals surface area contributed by atoms with E-state index in [0.29, 0.717) is 17.2 Å². The fourth-order valence-electron chi connectivity index (χ4n) is 2.00. The number of ether oxygens (including phenoxy) is 1. The van der Waals surface area contributed by atoms with Gasteiger partial charge in [-0.05, 0) is 26.8 Å². The highest BCUT2D eigenvalue weighted by molar-refractivity contribution is 7.80. The first-order chi connectivity index (χ1) is 6.99. The maximum absolute atomic E-state index is 5.77. The van der Waals surface area contributed by atoms with Crippen molar-refractivity contribution in [3.05, 3.63) is 0 Å². The number of hydrogen-bond donors (Lipinski definition) is 1. The predicted molar refractivity (Wildman–Crippen MR) is 67.0 cm³/mol. The second-order valence-electron chi connectivity index (χ2n) is 4.67.